The Balaban J connectivity index is 2.97. The summed E-state index contributed by atoms with van der Waals surface area (Å²) in [6, 6.07) is 1.97. The minimum atomic E-state index is 0.167. The zero-order valence-electron chi connectivity index (χ0n) is 4.65. The lowest BCUT2D eigenvalue weighted by Gasteiger charge is -1.89. The maximum Gasteiger partial charge on any atom is 0.0905 e. The fourth-order valence-corrected chi connectivity index (χ4v) is 0.358. The standard InChI is InChI=1S/C5H9N3/c6-4-2-1-3-5(7)8/h1-3H2,(H3,7,8). The molecule has 3 N–H and O–H groups in total. The second-order valence-corrected chi connectivity index (χ2v) is 1.54. The molecule has 0 aromatic heterocycles. The van der Waals surface area contributed by atoms with E-state index in [0.717, 1.165) is 0 Å². The number of nitrogens with zero attached hydrogens (tertiary/aromatic N) is 1. The summed E-state index contributed by atoms with van der Waals surface area (Å²) in [6.07, 6.45) is 1.76. The molecule has 0 aromatic carbocycles. The molecule has 0 saturated carbocycles. The minimum Gasteiger partial charge on any atom is -0.388 e. The van der Waals surface area contributed by atoms with E-state index in [9.17, 15) is 0 Å². The molecule has 0 aliphatic heterocycles. The monoisotopic (exact) mass is 111 g/mol. The number of hydrogen-bond donors (Lipinski definition) is 2. The van der Waals surface area contributed by atoms with Gasteiger partial charge in [-0.25, -0.2) is 0 Å². The Hall–Kier alpha value is -1.04. The number of hydrogen-bond acceptors (Lipinski definition) is 2. The molecule has 0 radical (unpaired) electrons. The first-order valence-corrected chi connectivity index (χ1v) is 2.47. The molecule has 0 heterocycles. The Morgan fingerprint density at radius 3 is 2.75 bits per heavy atom. The molecule has 0 atom stereocenters. The van der Waals surface area contributed by atoms with Gasteiger partial charge in [0.25, 0.3) is 0 Å². The van der Waals surface area contributed by atoms with Gasteiger partial charge < -0.3 is 5.73 Å². The van der Waals surface area contributed by atoms with Gasteiger partial charge in [-0.3, -0.25) is 5.41 Å². The lowest BCUT2D eigenvalue weighted by Crippen LogP contribution is -2.08. The van der Waals surface area contributed by atoms with Crippen LogP contribution in [0.15, 0.2) is 0 Å². The summed E-state index contributed by atoms with van der Waals surface area (Å²) in [7, 11) is 0. The first-order chi connectivity index (χ1) is 3.77. The van der Waals surface area contributed by atoms with E-state index in [-0.39, 0.29) is 5.84 Å². The molecule has 3 nitrogen and oxygen atoms in total. The Kier molecular flexibility index (Phi) is 3.59. The fraction of sp³-hybridized carbons (Fsp3) is 0.600. The quantitative estimate of drug-likeness (QED) is 0.318. The molecule has 0 spiro atoms. The van der Waals surface area contributed by atoms with Crippen LogP contribution in [0.2, 0.25) is 0 Å². The maximum atomic E-state index is 8.02. The van der Waals surface area contributed by atoms with E-state index in [1.807, 2.05) is 6.07 Å². The number of nitrogens with two attached hydrogens (primary N) is 1. The van der Waals surface area contributed by atoms with Crippen LogP contribution in [0, 0.1) is 16.7 Å². The average Bonchev–Trinajstić information content (AvgIpc) is 1.66. The first-order valence-electron chi connectivity index (χ1n) is 2.47. The number of rotatable bonds is 3. The number of nitrogens with one attached hydrogen (secondary N) is 1. The first kappa shape index (κ1) is 6.96. The summed E-state index contributed by atoms with van der Waals surface area (Å²) < 4.78 is 0. The van der Waals surface area contributed by atoms with Crippen molar-refractivity contribution in [2.24, 2.45) is 5.73 Å². The normalized spacial score (nSPS) is 7.88. The predicted molar refractivity (Wildman–Crippen MR) is 31.4 cm³/mol. The molecule has 0 amide bonds. The van der Waals surface area contributed by atoms with Crippen LogP contribution >= 0.6 is 0 Å². The molecular weight excluding hydrogens is 102 g/mol. The largest absolute Gasteiger partial charge is 0.388 e. The Morgan fingerprint density at radius 1 is 1.75 bits per heavy atom. The van der Waals surface area contributed by atoms with Gasteiger partial charge in [0.05, 0.1) is 11.9 Å². The van der Waals surface area contributed by atoms with E-state index in [2.05, 4.69) is 0 Å². The van der Waals surface area contributed by atoms with Crippen LogP contribution in [0.25, 0.3) is 0 Å². The lowest BCUT2D eigenvalue weighted by atomic mass is 10.2. The van der Waals surface area contributed by atoms with Gasteiger partial charge in [-0.1, -0.05) is 0 Å². The molecule has 0 aliphatic carbocycles. The van der Waals surface area contributed by atoms with Crippen LogP contribution < -0.4 is 5.73 Å². The van der Waals surface area contributed by atoms with Crippen molar-refractivity contribution >= 4 is 5.84 Å². The molecule has 0 saturated heterocycles. The van der Waals surface area contributed by atoms with Crippen LogP contribution in [0.5, 0.6) is 0 Å². The molecule has 0 fully saturated rings. The van der Waals surface area contributed by atoms with Crippen molar-refractivity contribution in [2.75, 3.05) is 0 Å². The molecule has 0 bridgehead atoms. The summed E-state index contributed by atoms with van der Waals surface area (Å²) >= 11 is 0. The Labute approximate surface area is 48.6 Å². The van der Waals surface area contributed by atoms with E-state index in [1.54, 1.807) is 0 Å². The number of unbranched alkanes of at least 4 members (excludes halogenated alkanes) is 1. The van der Waals surface area contributed by atoms with Crippen molar-refractivity contribution in [3.8, 4) is 6.07 Å². The van der Waals surface area contributed by atoms with Gasteiger partial charge in [0.15, 0.2) is 0 Å². The molecule has 0 unspecified atom stereocenters. The highest BCUT2D eigenvalue weighted by Gasteiger charge is 1.86. The van der Waals surface area contributed by atoms with Crippen LogP contribution in [-0.4, -0.2) is 5.84 Å². The second-order valence-electron chi connectivity index (χ2n) is 1.54. The maximum absolute atomic E-state index is 8.02. The van der Waals surface area contributed by atoms with E-state index < -0.39 is 0 Å². The molecular formula is C5H9N3. The highest BCUT2D eigenvalue weighted by molar-refractivity contribution is 5.76. The number of nitriles is 1. The summed E-state index contributed by atoms with van der Waals surface area (Å²) in [5, 5.41) is 14.8. The van der Waals surface area contributed by atoms with Crippen molar-refractivity contribution in [3.05, 3.63) is 0 Å². The molecule has 3 heteroatoms. The van der Waals surface area contributed by atoms with Crippen molar-refractivity contribution in [3.63, 3.8) is 0 Å². The Bertz CT molecular complexity index is 111. The average molecular weight is 111 g/mol. The van der Waals surface area contributed by atoms with E-state index in [1.165, 1.54) is 0 Å². The van der Waals surface area contributed by atoms with Gasteiger partial charge in [0, 0.05) is 12.8 Å². The third-order valence-corrected chi connectivity index (χ3v) is 0.735. The van der Waals surface area contributed by atoms with E-state index >= 15 is 0 Å². The fourth-order valence-electron chi connectivity index (χ4n) is 0.358. The van der Waals surface area contributed by atoms with Crippen molar-refractivity contribution < 1.29 is 0 Å². The lowest BCUT2D eigenvalue weighted by molar-refractivity contribution is 0.892. The molecule has 0 rings (SSSR count). The molecule has 0 aliphatic rings. The van der Waals surface area contributed by atoms with Gasteiger partial charge in [0.2, 0.25) is 0 Å². The van der Waals surface area contributed by atoms with Gasteiger partial charge >= 0.3 is 0 Å². The summed E-state index contributed by atoms with van der Waals surface area (Å²) in [5.74, 6) is 0.167. The van der Waals surface area contributed by atoms with Gasteiger partial charge in [-0.05, 0) is 6.42 Å². The number of amidine groups is 1. The second kappa shape index (κ2) is 4.13. The molecule has 8 heavy (non-hydrogen) atoms. The van der Waals surface area contributed by atoms with Gasteiger partial charge in [0.1, 0.15) is 0 Å². The Morgan fingerprint density at radius 2 is 2.38 bits per heavy atom. The minimum absolute atomic E-state index is 0.167. The van der Waals surface area contributed by atoms with Crippen LogP contribution in [0.3, 0.4) is 0 Å². The smallest absolute Gasteiger partial charge is 0.0905 e. The third-order valence-electron chi connectivity index (χ3n) is 0.735. The summed E-state index contributed by atoms with van der Waals surface area (Å²) in [5.41, 5.74) is 5.01. The van der Waals surface area contributed by atoms with Crippen LogP contribution in [0.1, 0.15) is 19.3 Å². The highest BCUT2D eigenvalue weighted by Crippen LogP contribution is 1.90. The molecule has 0 aromatic rings. The van der Waals surface area contributed by atoms with Crippen molar-refractivity contribution in [2.45, 2.75) is 19.3 Å². The zero-order chi connectivity index (χ0) is 6.41. The summed E-state index contributed by atoms with van der Waals surface area (Å²) in [6.45, 7) is 0. The zero-order valence-corrected chi connectivity index (χ0v) is 4.65. The van der Waals surface area contributed by atoms with Crippen molar-refractivity contribution in [1.82, 2.24) is 0 Å². The predicted octanol–water partition coefficient (Wildman–Crippen LogP) is 0.616. The van der Waals surface area contributed by atoms with E-state index in [4.69, 9.17) is 16.4 Å². The van der Waals surface area contributed by atoms with Crippen LogP contribution in [0.4, 0.5) is 0 Å². The highest BCUT2D eigenvalue weighted by atomic mass is 14.7. The van der Waals surface area contributed by atoms with E-state index in [0.29, 0.717) is 19.3 Å². The van der Waals surface area contributed by atoms with Gasteiger partial charge in [-0.2, -0.15) is 5.26 Å². The molecule has 44 valence electrons. The van der Waals surface area contributed by atoms with Gasteiger partial charge in [-0.15, -0.1) is 0 Å². The SMILES string of the molecule is N#CCCCC(=N)N. The van der Waals surface area contributed by atoms with Crippen LogP contribution in [-0.2, 0) is 0 Å². The summed E-state index contributed by atoms with van der Waals surface area (Å²) in [4.78, 5) is 0. The third kappa shape index (κ3) is 4.96. The topological polar surface area (TPSA) is 73.7 Å². The van der Waals surface area contributed by atoms with Crippen molar-refractivity contribution in [1.29, 1.82) is 10.7 Å².